The molecule has 2 atom stereocenters. The van der Waals surface area contributed by atoms with Gasteiger partial charge in [-0.05, 0) is 17.7 Å². The lowest BCUT2D eigenvalue weighted by Crippen LogP contribution is -2.21. The second kappa shape index (κ2) is 4.82. The molecule has 0 aliphatic carbocycles. The van der Waals surface area contributed by atoms with Gasteiger partial charge in [0.15, 0.2) is 9.84 Å². The number of alkyl halides is 1. The Morgan fingerprint density at radius 2 is 2.07 bits per heavy atom. The summed E-state index contributed by atoms with van der Waals surface area (Å²) in [6.45, 7) is 0. The lowest BCUT2D eigenvalue weighted by Gasteiger charge is -2.16. The quantitative estimate of drug-likeness (QED) is 0.870. The van der Waals surface area contributed by atoms with Crippen LogP contribution < -0.4 is 0 Å². The number of aliphatic hydroxyl groups excluding tert-OH is 1. The van der Waals surface area contributed by atoms with Crippen LogP contribution in [0.2, 0.25) is 5.02 Å². The first-order chi connectivity index (χ1) is 6.82. The topological polar surface area (TPSA) is 54.4 Å². The van der Waals surface area contributed by atoms with Crippen molar-refractivity contribution < 1.29 is 13.5 Å². The summed E-state index contributed by atoms with van der Waals surface area (Å²) in [4.78, 5) is 0. The molecule has 15 heavy (non-hydrogen) atoms. The first-order valence-electron chi connectivity index (χ1n) is 4.09. The van der Waals surface area contributed by atoms with Crippen LogP contribution in [0.1, 0.15) is 11.7 Å². The molecule has 0 saturated heterocycles. The van der Waals surface area contributed by atoms with E-state index in [-0.39, 0.29) is 0 Å². The minimum absolute atomic E-state index is 0.458. The van der Waals surface area contributed by atoms with E-state index in [0.717, 1.165) is 6.26 Å². The van der Waals surface area contributed by atoms with Crippen molar-refractivity contribution in [3.63, 3.8) is 0 Å². The minimum atomic E-state index is -3.34. The third-order valence-corrected chi connectivity index (χ3v) is 5.70. The van der Waals surface area contributed by atoms with Crippen molar-refractivity contribution in [2.24, 2.45) is 0 Å². The number of hydrogen-bond acceptors (Lipinski definition) is 3. The Kier molecular flexibility index (Phi) is 4.17. The minimum Gasteiger partial charge on any atom is -0.386 e. The van der Waals surface area contributed by atoms with Gasteiger partial charge in [-0.25, -0.2) is 8.42 Å². The molecule has 1 rings (SSSR count). The van der Waals surface area contributed by atoms with Crippen molar-refractivity contribution in [1.29, 1.82) is 0 Å². The van der Waals surface area contributed by atoms with Crippen LogP contribution in [0.5, 0.6) is 0 Å². The second-order valence-electron chi connectivity index (χ2n) is 3.18. The van der Waals surface area contributed by atoms with E-state index in [1.165, 1.54) is 6.07 Å². The summed E-state index contributed by atoms with van der Waals surface area (Å²) in [5.74, 6) is 0. The van der Waals surface area contributed by atoms with E-state index >= 15 is 0 Å². The molecule has 1 aromatic carbocycles. The van der Waals surface area contributed by atoms with Gasteiger partial charge in [0, 0.05) is 11.3 Å². The fourth-order valence-corrected chi connectivity index (χ4v) is 2.21. The number of rotatable bonds is 3. The molecule has 0 fully saturated rings. The Labute approximate surface area is 102 Å². The highest BCUT2D eigenvalue weighted by atomic mass is 79.9. The molecular formula is C9H10BrClO3S. The monoisotopic (exact) mass is 312 g/mol. The summed E-state index contributed by atoms with van der Waals surface area (Å²) in [6, 6.07) is 6.46. The van der Waals surface area contributed by atoms with Crippen LogP contribution in [0.25, 0.3) is 0 Å². The van der Waals surface area contributed by atoms with Gasteiger partial charge in [-0.15, -0.1) is 0 Å². The van der Waals surface area contributed by atoms with E-state index in [1.54, 1.807) is 18.2 Å². The lowest BCUT2D eigenvalue weighted by molar-refractivity contribution is 0.195. The number of aliphatic hydroxyl groups is 1. The van der Waals surface area contributed by atoms with Crippen molar-refractivity contribution in [2.75, 3.05) is 6.26 Å². The molecule has 3 nitrogen and oxygen atoms in total. The number of halogens is 2. The van der Waals surface area contributed by atoms with Crippen molar-refractivity contribution >= 4 is 37.4 Å². The van der Waals surface area contributed by atoms with E-state index in [2.05, 4.69) is 15.9 Å². The maximum absolute atomic E-state index is 11.2. The molecule has 1 N–H and O–H groups in total. The molecule has 0 aromatic heterocycles. The second-order valence-corrected chi connectivity index (χ2v) is 7.38. The first-order valence-corrected chi connectivity index (χ1v) is 7.33. The molecule has 0 saturated carbocycles. The standard InChI is InChI=1S/C9H10BrClO3S/c1-15(13,14)9(10)8(12)6-3-2-4-7(11)5-6/h2-5,8-9,12H,1H3/t8-,9-/m1/s1. The fraction of sp³-hybridized carbons (Fsp3) is 0.333. The Hall–Kier alpha value is -0.100. The molecule has 0 bridgehead atoms. The highest BCUT2D eigenvalue weighted by Gasteiger charge is 2.27. The van der Waals surface area contributed by atoms with E-state index < -0.39 is 20.1 Å². The van der Waals surface area contributed by atoms with Crippen molar-refractivity contribution in [3.8, 4) is 0 Å². The van der Waals surface area contributed by atoms with E-state index in [9.17, 15) is 13.5 Å². The average Bonchev–Trinajstić information content (AvgIpc) is 2.14. The SMILES string of the molecule is CS(=O)(=O)[C@@H](Br)[C@H](O)c1cccc(Cl)c1. The van der Waals surface area contributed by atoms with Gasteiger partial charge in [-0.3, -0.25) is 0 Å². The van der Waals surface area contributed by atoms with Crippen molar-refractivity contribution in [1.82, 2.24) is 0 Å². The maximum Gasteiger partial charge on any atom is 0.163 e. The number of sulfone groups is 1. The fourth-order valence-electron chi connectivity index (χ4n) is 1.08. The van der Waals surface area contributed by atoms with Crippen LogP contribution in [-0.4, -0.2) is 23.9 Å². The molecule has 0 aliphatic heterocycles. The van der Waals surface area contributed by atoms with Crippen molar-refractivity contribution in [2.45, 2.75) is 10.3 Å². The van der Waals surface area contributed by atoms with Gasteiger partial charge in [0.1, 0.15) is 10.3 Å². The molecule has 0 aliphatic rings. The van der Waals surface area contributed by atoms with Gasteiger partial charge in [-0.1, -0.05) is 39.7 Å². The Morgan fingerprint density at radius 1 is 1.47 bits per heavy atom. The molecule has 6 heteroatoms. The molecule has 0 amide bonds. The Bertz CT molecular complexity index is 446. The number of hydrogen-bond donors (Lipinski definition) is 1. The third-order valence-electron chi connectivity index (χ3n) is 1.85. The molecule has 0 spiro atoms. The van der Waals surface area contributed by atoms with E-state index in [1.807, 2.05) is 0 Å². The van der Waals surface area contributed by atoms with Crippen molar-refractivity contribution in [3.05, 3.63) is 34.9 Å². The smallest absolute Gasteiger partial charge is 0.163 e. The van der Waals surface area contributed by atoms with Gasteiger partial charge in [-0.2, -0.15) is 0 Å². The zero-order valence-electron chi connectivity index (χ0n) is 7.89. The normalized spacial score (nSPS) is 16.0. The first kappa shape index (κ1) is 13.0. The summed E-state index contributed by atoms with van der Waals surface area (Å²) in [5.41, 5.74) is 0.467. The van der Waals surface area contributed by atoms with Crippen LogP contribution in [0.4, 0.5) is 0 Å². The Balaban J connectivity index is 3.00. The average molecular weight is 314 g/mol. The largest absolute Gasteiger partial charge is 0.386 e. The third kappa shape index (κ3) is 3.45. The van der Waals surface area contributed by atoms with Gasteiger partial charge >= 0.3 is 0 Å². The molecular weight excluding hydrogens is 304 g/mol. The summed E-state index contributed by atoms with van der Waals surface area (Å²) in [6.07, 6.45) is -0.0705. The van der Waals surface area contributed by atoms with Gasteiger partial charge in [0.2, 0.25) is 0 Å². The van der Waals surface area contributed by atoms with Crippen LogP contribution in [0, 0.1) is 0 Å². The van der Waals surface area contributed by atoms with Crippen LogP contribution in [0.3, 0.4) is 0 Å². The summed E-state index contributed by atoms with van der Waals surface area (Å²) in [5, 5.41) is 10.2. The maximum atomic E-state index is 11.2. The zero-order chi connectivity index (χ0) is 11.6. The lowest BCUT2D eigenvalue weighted by atomic mass is 10.1. The Morgan fingerprint density at radius 3 is 2.53 bits per heavy atom. The van der Waals surface area contributed by atoms with Gasteiger partial charge in [0.05, 0.1) is 0 Å². The summed E-state index contributed by atoms with van der Waals surface area (Å²) >= 11 is 8.68. The van der Waals surface area contributed by atoms with E-state index in [4.69, 9.17) is 11.6 Å². The van der Waals surface area contributed by atoms with Crippen LogP contribution >= 0.6 is 27.5 Å². The van der Waals surface area contributed by atoms with E-state index in [0.29, 0.717) is 10.6 Å². The van der Waals surface area contributed by atoms with Crippen LogP contribution in [-0.2, 0) is 9.84 Å². The van der Waals surface area contributed by atoms with Crippen LogP contribution in [0.15, 0.2) is 24.3 Å². The molecule has 1 aromatic rings. The highest BCUT2D eigenvalue weighted by molar-refractivity contribution is 9.11. The predicted molar refractivity (Wildman–Crippen MR) is 64.0 cm³/mol. The number of benzene rings is 1. The molecule has 0 unspecified atom stereocenters. The predicted octanol–water partition coefficient (Wildman–Crippen LogP) is 2.14. The zero-order valence-corrected chi connectivity index (χ0v) is 11.1. The van der Waals surface area contributed by atoms with Gasteiger partial charge in [0.25, 0.3) is 0 Å². The molecule has 84 valence electrons. The van der Waals surface area contributed by atoms with Gasteiger partial charge < -0.3 is 5.11 Å². The molecule has 0 heterocycles. The highest BCUT2D eigenvalue weighted by Crippen LogP contribution is 2.27. The molecule has 0 radical (unpaired) electrons. The summed E-state index contributed by atoms with van der Waals surface area (Å²) in [7, 11) is -3.34. The summed E-state index contributed by atoms with van der Waals surface area (Å²) < 4.78 is 21.4.